The van der Waals surface area contributed by atoms with Crippen molar-refractivity contribution in [1.82, 2.24) is 4.37 Å². The summed E-state index contributed by atoms with van der Waals surface area (Å²) in [7, 11) is -3.66. The van der Waals surface area contributed by atoms with Crippen LogP contribution < -0.4 is 10.0 Å². The van der Waals surface area contributed by atoms with Gasteiger partial charge in [0, 0.05) is 29.4 Å². The summed E-state index contributed by atoms with van der Waals surface area (Å²) < 4.78 is 32.9. The third-order valence-electron chi connectivity index (χ3n) is 4.81. The van der Waals surface area contributed by atoms with Crippen LogP contribution in [0.1, 0.15) is 17.5 Å². The second-order valence-corrected chi connectivity index (χ2v) is 9.76. The number of nitrogens with one attached hydrogen (secondary N) is 2. The van der Waals surface area contributed by atoms with Crippen LogP contribution in [0.4, 0.5) is 11.4 Å². The van der Waals surface area contributed by atoms with E-state index in [0.29, 0.717) is 18.5 Å². The first-order chi connectivity index (χ1) is 14.9. The van der Waals surface area contributed by atoms with Crippen LogP contribution in [0, 0.1) is 6.92 Å². The van der Waals surface area contributed by atoms with Crippen LogP contribution in [-0.2, 0) is 21.2 Å². The molecule has 8 heteroatoms. The van der Waals surface area contributed by atoms with E-state index in [1.165, 1.54) is 11.5 Å². The average Bonchev–Trinajstić information content (AvgIpc) is 3.22. The summed E-state index contributed by atoms with van der Waals surface area (Å²) in [5, 5.41) is 3.89. The maximum absolute atomic E-state index is 12.6. The summed E-state index contributed by atoms with van der Waals surface area (Å²) in [6.45, 7) is 1.94. The molecule has 158 valence electrons. The first-order valence-corrected chi connectivity index (χ1v) is 12.0. The molecule has 0 atom stereocenters. The fraction of sp³-hybridized carbons (Fsp3) is 0.130. The Balaban J connectivity index is 1.34. The molecule has 4 rings (SSSR count). The van der Waals surface area contributed by atoms with Crippen LogP contribution in [0.15, 0.2) is 77.8 Å². The van der Waals surface area contributed by atoms with Gasteiger partial charge in [0.2, 0.25) is 5.91 Å². The minimum atomic E-state index is -3.66. The number of benzene rings is 3. The normalized spacial score (nSPS) is 11.4. The Bertz CT molecular complexity index is 1310. The molecule has 1 aromatic heterocycles. The van der Waals surface area contributed by atoms with Crippen molar-refractivity contribution in [2.75, 3.05) is 10.0 Å². The standard InChI is InChI=1S/C23H21N3O3S2/c1-16-2-7-19(8-3-16)26-31(28,29)21-10-4-17(5-11-21)6-13-23(27)25-20-9-12-22-18(14-20)15-24-30-22/h2-5,7-12,14-15,26H,6,13H2,1H3,(H,25,27). The van der Waals surface area contributed by atoms with E-state index in [2.05, 4.69) is 14.4 Å². The summed E-state index contributed by atoms with van der Waals surface area (Å²) in [4.78, 5) is 12.5. The smallest absolute Gasteiger partial charge is 0.261 e. The minimum Gasteiger partial charge on any atom is -0.326 e. The van der Waals surface area contributed by atoms with Gasteiger partial charge in [-0.15, -0.1) is 0 Å². The molecule has 4 aromatic rings. The van der Waals surface area contributed by atoms with Gasteiger partial charge in [0.15, 0.2) is 0 Å². The van der Waals surface area contributed by atoms with Gasteiger partial charge >= 0.3 is 0 Å². The van der Waals surface area contributed by atoms with Crippen molar-refractivity contribution < 1.29 is 13.2 Å². The molecule has 0 aliphatic carbocycles. The fourth-order valence-electron chi connectivity index (χ4n) is 3.10. The topological polar surface area (TPSA) is 88.2 Å². The third-order valence-corrected chi connectivity index (χ3v) is 6.99. The van der Waals surface area contributed by atoms with Crippen molar-refractivity contribution in [3.63, 3.8) is 0 Å². The molecule has 6 nitrogen and oxygen atoms in total. The highest BCUT2D eigenvalue weighted by Crippen LogP contribution is 2.22. The van der Waals surface area contributed by atoms with Gasteiger partial charge in [0.05, 0.1) is 9.60 Å². The summed E-state index contributed by atoms with van der Waals surface area (Å²) >= 11 is 1.42. The van der Waals surface area contributed by atoms with E-state index in [1.54, 1.807) is 42.6 Å². The van der Waals surface area contributed by atoms with E-state index in [1.807, 2.05) is 37.3 Å². The van der Waals surface area contributed by atoms with Gasteiger partial charge in [-0.25, -0.2) is 8.42 Å². The number of sulfonamides is 1. The van der Waals surface area contributed by atoms with Crippen molar-refractivity contribution in [3.05, 3.63) is 84.1 Å². The van der Waals surface area contributed by atoms with Gasteiger partial charge in [-0.05, 0) is 72.9 Å². The van der Waals surface area contributed by atoms with E-state index in [4.69, 9.17) is 0 Å². The van der Waals surface area contributed by atoms with Crippen LogP contribution in [0.2, 0.25) is 0 Å². The van der Waals surface area contributed by atoms with Crippen LogP contribution in [0.5, 0.6) is 0 Å². The molecule has 0 saturated carbocycles. The molecular weight excluding hydrogens is 430 g/mol. The van der Waals surface area contributed by atoms with Crippen LogP contribution in [-0.4, -0.2) is 18.7 Å². The average molecular weight is 452 g/mol. The van der Waals surface area contributed by atoms with Crippen LogP contribution in [0.25, 0.3) is 10.1 Å². The summed E-state index contributed by atoms with van der Waals surface area (Å²) in [6, 6.07) is 19.4. The summed E-state index contributed by atoms with van der Waals surface area (Å²) in [5.41, 5.74) is 3.20. The number of carbonyl (C=O) groups excluding carboxylic acids is 1. The summed E-state index contributed by atoms with van der Waals surface area (Å²) in [5.74, 6) is -0.0970. The molecule has 0 aliphatic rings. The minimum absolute atomic E-state index is 0.0970. The second kappa shape index (κ2) is 8.87. The Hall–Kier alpha value is -3.23. The van der Waals surface area contributed by atoms with E-state index >= 15 is 0 Å². The van der Waals surface area contributed by atoms with Crippen LogP contribution >= 0.6 is 11.5 Å². The van der Waals surface area contributed by atoms with Gasteiger partial charge in [-0.3, -0.25) is 9.52 Å². The third kappa shape index (κ3) is 5.28. The Morgan fingerprint density at radius 1 is 0.968 bits per heavy atom. The molecule has 0 aliphatic heterocycles. The fourth-order valence-corrected chi connectivity index (χ4v) is 4.79. The van der Waals surface area contributed by atoms with Gasteiger partial charge in [0.1, 0.15) is 0 Å². The molecular formula is C23H21N3O3S2. The quantitative estimate of drug-likeness (QED) is 0.415. The largest absolute Gasteiger partial charge is 0.326 e. The SMILES string of the molecule is Cc1ccc(NS(=O)(=O)c2ccc(CCC(=O)Nc3ccc4sncc4c3)cc2)cc1. The molecule has 1 heterocycles. The van der Waals surface area contributed by atoms with Crippen molar-refractivity contribution in [1.29, 1.82) is 0 Å². The zero-order chi connectivity index (χ0) is 21.8. The predicted octanol–water partition coefficient (Wildman–Crippen LogP) is 4.98. The number of aryl methyl sites for hydroxylation is 2. The maximum Gasteiger partial charge on any atom is 0.261 e. The van der Waals surface area contributed by atoms with Crippen LogP contribution in [0.3, 0.4) is 0 Å². The van der Waals surface area contributed by atoms with Crippen molar-refractivity contribution >= 4 is 48.9 Å². The molecule has 31 heavy (non-hydrogen) atoms. The monoisotopic (exact) mass is 451 g/mol. The predicted molar refractivity (Wildman–Crippen MR) is 125 cm³/mol. The van der Waals surface area contributed by atoms with E-state index in [-0.39, 0.29) is 10.8 Å². The van der Waals surface area contributed by atoms with Crippen molar-refractivity contribution in [2.24, 2.45) is 0 Å². The summed E-state index contributed by atoms with van der Waals surface area (Å²) in [6.07, 6.45) is 2.59. The van der Waals surface area contributed by atoms with Crippen molar-refractivity contribution in [3.8, 4) is 0 Å². The molecule has 2 N–H and O–H groups in total. The Morgan fingerprint density at radius 2 is 1.68 bits per heavy atom. The van der Waals surface area contributed by atoms with Crippen molar-refractivity contribution in [2.45, 2.75) is 24.7 Å². The van der Waals surface area contributed by atoms with Gasteiger partial charge in [0.25, 0.3) is 10.0 Å². The Kier molecular flexibility index (Phi) is 6.01. The first-order valence-electron chi connectivity index (χ1n) is 9.72. The van der Waals surface area contributed by atoms with Gasteiger partial charge < -0.3 is 5.32 Å². The highest BCUT2D eigenvalue weighted by Gasteiger charge is 2.14. The molecule has 0 radical (unpaired) electrons. The lowest BCUT2D eigenvalue weighted by Crippen LogP contribution is -2.13. The molecule has 0 saturated heterocycles. The number of anilines is 2. The Morgan fingerprint density at radius 3 is 2.42 bits per heavy atom. The highest BCUT2D eigenvalue weighted by molar-refractivity contribution is 7.92. The van der Waals surface area contributed by atoms with Gasteiger partial charge in [-0.1, -0.05) is 29.8 Å². The number of carbonyl (C=O) groups is 1. The molecule has 0 bridgehead atoms. The zero-order valence-corrected chi connectivity index (χ0v) is 18.5. The zero-order valence-electron chi connectivity index (χ0n) is 16.8. The number of amides is 1. The van der Waals surface area contributed by atoms with Gasteiger partial charge in [-0.2, -0.15) is 4.37 Å². The molecule has 1 amide bonds. The lowest BCUT2D eigenvalue weighted by molar-refractivity contribution is -0.116. The number of fused-ring (bicyclic) bond motifs is 1. The molecule has 0 unspecified atom stereocenters. The number of nitrogens with zero attached hydrogens (tertiary/aromatic N) is 1. The number of aromatic nitrogens is 1. The number of rotatable bonds is 7. The molecule has 0 spiro atoms. The first kappa shape index (κ1) is 21.0. The van der Waals surface area contributed by atoms with E-state index in [0.717, 1.165) is 26.9 Å². The molecule has 3 aromatic carbocycles. The lowest BCUT2D eigenvalue weighted by atomic mass is 10.1. The lowest BCUT2D eigenvalue weighted by Gasteiger charge is -2.09. The number of hydrogen-bond donors (Lipinski definition) is 2. The maximum atomic E-state index is 12.6. The second-order valence-electron chi connectivity index (χ2n) is 7.24. The Labute approximate surface area is 185 Å². The van der Waals surface area contributed by atoms with E-state index in [9.17, 15) is 13.2 Å². The molecule has 0 fully saturated rings. The highest BCUT2D eigenvalue weighted by atomic mass is 32.2. The number of hydrogen-bond acceptors (Lipinski definition) is 5. The van der Waals surface area contributed by atoms with E-state index < -0.39 is 10.0 Å².